The average Bonchev–Trinajstić information content (AvgIpc) is 3.23. The molecule has 1 aliphatic carbocycles. The first kappa shape index (κ1) is 20.6. The van der Waals surface area contributed by atoms with E-state index in [1.807, 2.05) is 47.4 Å². The fourth-order valence-corrected chi connectivity index (χ4v) is 4.86. The minimum atomic E-state index is -0.159. The van der Waals surface area contributed by atoms with Crippen LogP contribution in [0.4, 0.5) is 11.4 Å². The first-order valence-corrected chi connectivity index (χ1v) is 11.6. The van der Waals surface area contributed by atoms with Gasteiger partial charge < -0.3 is 19.5 Å². The van der Waals surface area contributed by atoms with E-state index in [-0.39, 0.29) is 23.5 Å². The van der Waals surface area contributed by atoms with E-state index in [1.54, 1.807) is 0 Å². The third-order valence-corrected chi connectivity index (χ3v) is 6.70. The van der Waals surface area contributed by atoms with Crippen molar-refractivity contribution in [2.45, 2.75) is 32.1 Å². The van der Waals surface area contributed by atoms with Crippen LogP contribution in [0.5, 0.6) is 0 Å². The highest BCUT2D eigenvalue weighted by Gasteiger charge is 2.30. The third-order valence-electron chi connectivity index (χ3n) is 6.70. The van der Waals surface area contributed by atoms with Crippen molar-refractivity contribution in [3.05, 3.63) is 60.4 Å². The van der Waals surface area contributed by atoms with Crippen molar-refractivity contribution >= 4 is 34.2 Å². The van der Waals surface area contributed by atoms with E-state index in [1.165, 1.54) is 12.1 Å². The topological polar surface area (TPSA) is 65.8 Å². The summed E-state index contributed by atoms with van der Waals surface area (Å²) >= 11 is 0. The second kappa shape index (κ2) is 9.07. The number of nitrogens with zero attached hydrogens (tertiary/aromatic N) is 2. The lowest BCUT2D eigenvalue weighted by molar-refractivity contribution is -0.120. The van der Waals surface area contributed by atoms with Crippen LogP contribution in [0.25, 0.3) is 11.0 Å². The molecule has 0 radical (unpaired) electrons. The molecule has 1 saturated heterocycles. The first-order valence-electron chi connectivity index (χ1n) is 11.6. The molecule has 2 amide bonds. The number of nitrogens with one attached hydrogen (secondary N) is 1. The lowest BCUT2D eigenvalue weighted by Crippen LogP contribution is -2.48. The molecule has 5 rings (SSSR count). The molecule has 32 heavy (non-hydrogen) atoms. The summed E-state index contributed by atoms with van der Waals surface area (Å²) in [5.74, 6) is 0.0883. The van der Waals surface area contributed by atoms with Gasteiger partial charge in [0.05, 0.1) is 0 Å². The number of hydrogen-bond acceptors (Lipinski definition) is 4. The molecule has 1 aromatic heterocycles. The van der Waals surface area contributed by atoms with Gasteiger partial charge in [-0.3, -0.25) is 9.59 Å². The van der Waals surface area contributed by atoms with Gasteiger partial charge in [0, 0.05) is 43.2 Å². The van der Waals surface area contributed by atoms with Crippen molar-refractivity contribution in [2.24, 2.45) is 5.92 Å². The summed E-state index contributed by atoms with van der Waals surface area (Å²) in [6.07, 6.45) is 5.18. The standard InChI is InChI=1S/C26H29N3O3/c30-25(19-9-3-1-4-10-19)27-23-21-13-7-8-14-22(21)32-24(23)26(31)29-17-15-28(16-18-29)20-11-5-2-6-12-20/h2,5-8,11-14,19H,1,3-4,9-10,15-18H2,(H,27,30). The molecular weight excluding hydrogens is 402 g/mol. The van der Waals surface area contributed by atoms with Crippen molar-refractivity contribution in [3.63, 3.8) is 0 Å². The molecule has 6 heteroatoms. The Labute approximate surface area is 188 Å². The van der Waals surface area contributed by atoms with Crippen LogP contribution in [0, 0.1) is 5.92 Å². The molecule has 1 N–H and O–H groups in total. The van der Waals surface area contributed by atoms with Crippen molar-refractivity contribution in [1.82, 2.24) is 4.90 Å². The molecule has 2 aromatic carbocycles. The molecule has 166 valence electrons. The van der Waals surface area contributed by atoms with Crippen LogP contribution in [0.15, 0.2) is 59.0 Å². The first-order chi connectivity index (χ1) is 15.7. The summed E-state index contributed by atoms with van der Waals surface area (Å²) in [7, 11) is 0. The molecule has 6 nitrogen and oxygen atoms in total. The lowest BCUT2D eigenvalue weighted by Gasteiger charge is -2.35. The maximum absolute atomic E-state index is 13.5. The quantitative estimate of drug-likeness (QED) is 0.637. The fourth-order valence-electron chi connectivity index (χ4n) is 4.86. The maximum atomic E-state index is 13.5. The van der Waals surface area contributed by atoms with Gasteiger partial charge in [-0.25, -0.2) is 0 Å². The monoisotopic (exact) mass is 431 g/mol. The number of carbonyl (C=O) groups is 2. The predicted octanol–water partition coefficient (Wildman–Crippen LogP) is 4.91. The summed E-state index contributed by atoms with van der Waals surface area (Å²) in [5.41, 5.74) is 2.31. The summed E-state index contributed by atoms with van der Waals surface area (Å²) in [4.78, 5) is 30.5. The minimum absolute atomic E-state index is 0.000741. The number of fused-ring (bicyclic) bond motifs is 1. The van der Waals surface area contributed by atoms with E-state index in [2.05, 4.69) is 22.3 Å². The van der Waals surface area contributed by atoms with Crippen LogP contribution >= 0.6 is 0 Å². The lowest BCUT2D eigenvalue weighted by atomic mass is 9.88. The number of hydrogen-bond donors (Lipinski definition) is 1. The Morgan fingerprint density at radius 2 is 1.53 bits per heavy atom. The van der Waals surface area contributed by atoms with Crippen LogP contribution < -0.4 is 10.2 Å². The summed E-state index contributed by atoms with van der Waals surface area (Å²) in [6.45, 7) is 2.75. The van der Waals surface area contributed by atoms with Crippen molar-refractivity contribution < 1.29 is 14.0 Å². The average molecular weight is 432 g/mol. The number of piperazine rings is 1. The van der Waals surface area contributed by atoms with Crippen molar-refractivity contribution in [2.75, 3.05) is 36.4 Å². The molecule has 1 aliphatic heterocycles. The Morgan fingerprint density at radius 1 is 0.844 bits per heavy atom. The highest BCUT2D eigenvalue weighted by molar-refractivity contribution is 6.11. The van der Waals surface area contributed by atoms with Gasteiger partial charge in [0.15, 0.2) is 0 Å². The van der Waals surface area contributed by atoms with E-state index < -0.39 is 0 Å². The van der Waals surface area contributed by atoms with E-state index >= 15 is 0 Å². The number of furan rings is 1. The Kier molecular flexibility index (Phi) is 5.84. The largest absolute Gasteiger partial charge is 0.449 e. The molecule has 2 heterocycles. The minimum Gasteiger partial charge on any atom is -0.449 e. The normalized spacial score (nSPS) is 17.5. The molecule has 3 aromatic rings. The highest BCUT2D eigenvalue weighted by Crippen LogP contribution is 2.34. The molecule has 1 saturated carbocycles. The number of amides is 2. The Balaban J connectivity index is 1.36. The number of anilines is 2. The van der Waals surface area contributed by atoms with Crippen LogP contribution in [-0.4, -0.2) is 42.9 Å². The van der Waals surface area contributed by atoms with Gasteiger partial charge in [-0.15, -0.1) is 0 Å². The third kappa shape index (κ3) is 4.09. The summed E-state index contributed by atoms with van der Waals surface area (Å²) in [6, 6.07) is 17.8. The number of benzene rings is 2. The Morgan fingerprint density at radius 3 is 2.28 bits per heavy atom. The predicted molar refractivity (Wildman–Crippen MR) is 126 cm³/mol. The van der Waals surface area contributed by atoms with Gasteiger partial charge in [0.25, 0.3) is 5.91 Å². The second-order valence-corrected chi connectivity index (χ2v) is 8.74. The molecule has 0 unspecified atom stereocenters. The SMILES string of the molecule is O=C(Nc1c(C(=O)N2CCN(c3ccccc3)CC2)oc2ccccc12)C1CCCCC1. The van der Waals surface area contributed by atoms with Crippen LogP contribution in [-0.2, 0) is 4.79 Å². The second-order valence-electron chi connectivity index (χ2n) is 8.74. The van der Waals surface area contributed by atoms with Gasteiger partial charge in [-0.05, 0) is 37.1 Å². The van der Waals surface area contributed by atoms with Crippen LogP contribution in [0.2, 0.25) is 0 Å². The zero-order valence-corrected chi connectivity index (χ0v) is 18.3. The smallest absolute Gasteiger partial charge is 0.291 e. The van der Waals surface area contributed by atoms with Gasteiger partial charge in [-0.2, -0.15) is 0 Å². The van der Waals surface area contributed by atoms with Crippen molar-refractivity contribution in [1.29, 1.82) is 0 Å². The molecule has 0 spiro atoms. The van der Waals surface area contributed by atoms with Crippen LogP contribution in [0.3, 0.4) is 0 Å². The Hall–Kier alpha value is -3.28. The molecule has 0 bridgehead atoms. The van der Waals surface area contributed by atoms with Gasteiger partial charge in [0.1, 0.15) is 11.3 Å². The number of rotatable bonds is 4. The number of para-hydroxylation sites is 2. The van der Waals surface area contributed by atoms with E-state index in [4.69, 9.17) is 4.42 Å². The molecular formula is C26H29N3O3. The highest BCUT2D eigenvalue weighted by atomic mass is 16.3. The van der Waals surface area contributed by atoms with E-state index in [0.29, 0.717) is 24.4 Å². The molecule has 0 atom stereocenters. The maximum Gasteiger partial charge on any atom is 0.291 e. The fraction of sp³-hybridized carbons (Fsp3) is 0.385. The number of carbonyl (C=O) groups excluding carboxylic acids is 2. The van der Waals surface area contributed by atoms with E-state index in [9.17, 15) is 9.59 Å². The van der Waals surface area contributed by atoms with Gasteiger partial charge >= 0.3 is 0 Å². The molecule has 2 fully saturated rings. The Bertz CT molecular complexity index is 1090. The summed E-state index contributed by atoms with van der Waals surface area (Å²) in [5, 5.41) is 3.85. The molecule has 2 aliphatic rings. The zero-order chi connectivity index (χ0) is 21.9. The van der Waals surface area contributed by atoms with Gasteiger partial charge in [0.2, 0.25) is 11.7 Å². The van der Waals surface area contributed by atoms with Gasteiger partial charge in [-0.1, -0.05) is 49.6 Å². The zero-order valence-electron chi connectivity index (χ0n) is 18.3. The summed E-state index contributed by atoms with van der Waals surface area (Å²) < 4.78 is 5.99. The van der Waals surface area contributed by atoms with Crippen molar-refractivity contribution in [3.8, 4) is 0 Å². The van der Waals surface area contributed by atoms with E-state index in [0.717, 1.165) is 44.2 Å². The van der Waals surface area contributed by atoms with Crippen LogP contribution in [0.1, 0.15) is 42.7 Å².